The summed E-state index contributed by atoms with van der Waals surface area (Å²) < 4.78 is 5.87. The summed E-state index contributed by atoms with van der Waals surface area (Å²) in [5.41, 5.74) is 3.94. The van der Waals surface area contributed by atoms with Gasteiger partial charge in [0, 0.05) is 30.4 Å². The summed E-state index contributed by atoms with van der Waals surface area (Å²) >= 11 is 3.73. The molecule has 0 saturated heterocycles. The van der Waals surface area contributed by atoms with Crippen LogP contribution in [-0.2, 0) is 10.5 Å². The van der Waals surface area contributed by atoms with Gasteiger partial charge in [-0.25, -0.2) is 4.98 Å². The van der Waals surface area contributed by atoms with Crippen LogP contribution in [0.4, 0.5) is 0 Å². The third-order valence-electron chi connectivity index (χ3n) is 4.30. The molecular formula is C20H21NO2S2. The molecule has 0 aliphatic carbocycles. The topological polar surface area (TPSA) is 42.4 Å². The Morgan fingerprint density at radius 3 is 2.72 bits per heavy atom. The van der Waals surface area contributed by atoms with Gasteiger partial charge in [-0.3, -0.25) is 0 Å². The lowest BCUT2D eigenvalue weighted by Crippen LogP contribution is -2.26. The molecule has 0 unspecified atom stereocenters. The summed E-state index contributed by atoms with van der Waals surface area (Å²) in [5.74, 6) is 7.30. The zero-order chi connectivity index (χ0) is 17.7. The minimum atomic E-state index is 0.0372. The van der Waals surface area contributed by atoms with Gasteiger partial charge < -0.3 is 9.84 Å². The van der Waals surface area contributed by atoms with Crippen LogP contribution in [0, 0.1) is 11.8 Å². The Morgan fingerprint density at radius 1 is 1.20 bits per heavy atom. The molecule has 1 N–H and O–H groups in total. The Labute approximate surface area is 157 Å². The molecule has 1 aromatic heterocycles. The van der Waals surface area contributed by atoms with Gasteiger partial charge in [-0.15, -0.1) is 23.5 Å². The number of fused-ring (bicyclic) bond motifs is 1. The van der Waals surface area contributed by atoms with Crippen molar-refractivity contribution in [3.63, 3.8) is 0 Å². The fraction of sp³-hybridized carbons (Fsp3) is 0.350. The van der Waals surface area contributed by atoms with Crippen molar-refractivity contribution in [2.75, 3.05) is 25.7 Å². The maximum atomic E-state index is 8.95. The van der Waals surface area contributed by atoms with E-state index in [0.29, 0.717) is 6.42 Å². The Kier molecular flexibility index (Phi) is 5.95. The van der Waals surface area contributed by atoms with Crippen LogP contribution in [0.2, 0.25) is 0 Å². The summed E-state index contributed by atoms with van der Waals surface area (Å²) in [6, 6.07) is 10.0. The fourth-order valence-corrected chi connectivity index (χ4v) is 4.88. The molecule has 130 valence electrons. The van der Waals surface area contributed by atoms with Crippen LogP contribution in [0.25, 0.3) is 0 Å². The highest BCUT2D eigenvalue weighted by Crippen LogP contribution is 2.52. The van der Waals surface area contributed by atoms with Gasteiger partial charge in [0.1, 0.15) is 11.4 Å². The quantitative estimate of drug-likeness (QED) is 0.656. The van der Waals surface area contributed by atoms with E-state index in [1.807, 2.05) is 47.8 Å². The van der Waals surface area contributed by atoms with E-state index < -0.39 is 0 Å². The number of rotatable bonds is 4. The van der Waals surface area contributed by atoms with E-state index in [2.05, 4.69) is 35.4 Å². The van der Waals surface area contributed by atoms with E-state index in [9.17, 15) is 0 Å². The van der Waals surface area contributed by atoms with Crippen LogP contribution in [0.5, 0.6) is 5.75 Å². The second kappa shape index (κ2) is 8.18. The highest BCUT2D eigenvalue weighted by Gasteiger charge is 2.36. The Balaban J connectivity index is 1.88. The van der Waals surface area contributed by atoms with Crippen LogP contribution in [-0.4, -0.2) is 35.8 Å². The highest BCUT2D eigenvalue weighted by atomic mass is 32.2. The first-order chi connectivity index (χ1) is 12.2. The maximum absolute atomic E-state index is 8.95. The molecule has 25 heavy (non-hydrogen) atoms. The molecule has 0 amide bonds. The molecule has 0 spiro atoms. The lowest BCUT2D eigenvalue weighted by Gasteiger charge is -2.36. The monoisotopic (exact) mass is 371 g/mol. The van der Waals surface area contributed by atoms with Gasteiger partial charge in [0.2, 0.25) is 0 Å². The van der Waals surface area contributed by atoms with Crippen molar-refractivity contribution in [3.8, 4) is 17.6 Å². The molecule has 2 heterocycles. The fourth-order valence-electron chi connectivity index (χ4n) is 2.88. The molecule has 3 nitrogen and oxygen atoms in total. The number of thioether (sulfide) groups is 2. The predicted molar refractivity (Wildman–Crippen MR) is 106 cm³/mol. The van der Waals surface area contributed by atoms with Crippen molar-refractivity contribution >= 4 is 23.5 Å². The third kappa shape index (κ3) is 3.98. The normalized spacial score (nSPS) is 14.8. The molecule has 3 rings (SSSR count). The van der Waals surface area contributed by atoms with Crippen molar-refractivity contribution in [1.29, 1.82) is 0 Å². The molecule has 1 aliphatic heterocycles. The zero-order valence-electron chi connectivity index (χ0n) is 14.4. The van der Waals surface area contributed by atoms with Crippen LogP contribution in [0.15, 0.2) is 36.5 Å². The Bertz CT molecular complexity index is 790. The number of nitrogens with zero attached hydrogens (tertiary/aromatic N) is 1. The summed E-state index contributed by atoms with van der Waals surface area (Å²) in [7, 11) is 0. The van der Waals surface area contributed by atoms with Crippen LogP contribution in [0.1, 0.15) is 28.8 Å². The Morgan fingerprint density at radius 2 is 2.04 bits per heavy atom. The van der Waals surface area contributed by atoms with E-state index >= 15 is 0 Å². The average Bonchev–Trinajstić information content (AvgIpc) is 2.67. The van der Waals surface area contributed by atoms with Gasteiger partial charge >= 0.3 is 0 Å². The van der Waals surface area contributed by atoms with Crippen molar-refractivity contribution in [2.24, 2.45) is 0 Å². The Hall–Kier alpha value is -1.61. The number of hydrogen-bond acceptors (Lipinski definition) is 5. The van der Waals surface area contributed by atoms with Crippen LogP contribution < -0.4 is 4.74 Å². The number of aliphatic hydroxyl groups is 1. The van der Waals surface area contributed by atoms with Gasteiger partial charge in [-0.1, -0.05) is 12.0 Å². The third-order valence-corrected chi connectivity index (χ3v) is 7.47. The smallest absolute Gasteiger partial charge is 0.124 e. The first-order valence-corrected chi connectivity index (χ1v) is 10.6. The van der Waals surface area contributed by atoms with E-state index in [0.717, 1.165) is 35.6 Å². The predicted octanol–water partition coefficient (Wildman–Crippen LogP) is 3.68. The number of hydrogen-bond donors (Lipinski definition) is 1. The van der Waals surface area contributed by atoms with E-state index in [1.165, 1.54) is 5.56 Å². The zero-order valence-corrected chi connectivity index (χ0v) is 16.0. The first-order valence-electron chi connectivity index (χ1n) is 8.16. The summed E-state index contributed by atoms with van der Waals surface area (Å²) in [5, 5.41) is 8.95. The largest absolute Gasteiger partial charge is 0.493 e. The standard InChI is InChI=1S/C20H21NO2S2/c1-24-20(25-2)10-12-23-19-8-5-15(13-18(19)20)3-6-17-7-4-16(9-11-22)14-21-17/h4-5,7-8,13-14,22H,9-12H2,1-2H3. The first kappa shape index (κ1) is 18.2. The van der Waals surface area contributed by atoms with E-state index in [-0.39, 0.29) is 10.7 Å². The molecule has 0 bridgehead atoms. The van der Waals surface area contributed by atoms with Crippen molar-refractivity contribution in [3.05, 3.63) is 58.9 Å². The van der Waals surface area contributed by atoms with Crippen molar-refractivity contribution in [2.45, 2.75) is 16.9 Å². The van der Waals surface area contributed by atoms with E-state index in [4.69, 9.17) is 9.84 Å². The van der Waals surface area contributed by atoms with Crippen LogP contribution >= 0.6 is 23.5 Å². The van der Waals surface area contributed by atoms with Gasteiger partial charge in [0.15, 0.2) is 0 Å². The van der Waals surface area contributed by atoms with Gasteiger partial charge in [0.05, 0.1) is 10.7 Å². The van der Waals surface area contributed by atoms with Crippen LogP contribution in [0.3, 0.4) is 0 Å². The molecule has 0 atom stereocenters. The number of aliphatic hydroxyl groups excluding tert-OH is 1. The summed E-state index contributed by atoms with van der Waals surface area (Å²) in [6.45, 7) is 0.889. The minimum Gasteiger partial charge on any atom is -0.493 e. The van der Waals surface area contributed by atoms with E-state index in [1.54, 1.807) is 6.20 Å². The van der Waals surface area contributed by atoms with Gasteiger partial charge in [0.25, 0.3) is 0 Å². The molecule has 5 heteroatoms. The summed E-state index contributed by atoms with van der Waals surface area (Å²) in [6.07, 6.45) is 7.70. The van der Waals surface area contributed by atoms with Crippen molar-refractivity contribution < 1.29 is 9.84 Å². The summed E-state index contributed by atoms with van der Waals surface area (Å²) in [4.78, 5) is 4.34. The lowest BCUT2D eigenvalue weighted by atomic mass is 10.0. The van der Waals surface area contributed by atoms with Gasteiger partial charge in [-0.05, 0) is 54.7 Å². The number of aromatic nitrogens is 1. The molecule has 1 aromatic carbocycles. The maximum Gasteiger partial charge on any atom is 0.124 e. The second-order valence-corrected chi connectivity index (χ2v) is 8.21. The molecular weight excluding hydrogens is 350 g/mol. The number of benzene rings is 1. The molecule has 0 radical (unpaired) electrons. The molecule has 0 fully saturated rings. The number of pyridine rings is 1. The average molecular weight is 372 g/mol. The SMILES string of the molecule is CSC1(SC)CCOc2ccc(C#Cc3ccc(CCO)cn3)cc21. The lowest BCUT2D eigenvalue weighted by molar-refractivity contribution is 0.280. The molecule has 1 aliphatic rings. The highest BCUT2D eigenvalue weighted by molar-refractivity contribution is 8.16. The molecule has 2 aromatic rings. The minimum absolute atomic E-state index is 0.0372. The second-order valence-electron chi connectivity index (χ2n) is 5.75. The molecule has 0 saturated carbocycles. The van der Waals surface area contributed by atoms with Crippen molar-refractivity contribution in [1.82, 2.24) is 4.98 Å². The van der Waals surface area contributed by atoms with Gasteiger partial charge in [-0.2, -0.15) is 0 Å². The number of ether oxygens (including phenoxy) is 1.